The Morgan fingerprint density at radius 2 is 1.63 bits per heavy atom. The number of hydrogen-bond donors (Lipinski definition) is 2. The van der Waals surface area contributed by atoms with Gasteiger partial charge >= 0.3 is 0 Å². The van der Waals surface area contributed by atoms with Gasteiger partial charge in [-0.25, -0.2) is 0 Å². The number of amides is 3. The fraction of sp³-hybridized carbons (Fsp3) is 0.250. The second-order valence-corrected chi connectivity index (χ2v) is 6.71. The smallest absolute Gasteiger partial charge is 0.239 e. The molecule has 140 valence electrons. The molecule has 27 heavy (non-hydrogen) atoms. The number of hydrogen-bond acceptors (Lipinski definition) is 3. The summed E-state index contributed by atoms with van der Waals surface area (Å²) < 4.78 is 0. The van der Waals surface area contributed by atoms with Gasteiger partial charge in [-0.1, -0.05) is 18.5 Å². The zero-order valence-electron chi connectivity index (χ0n) is 14.9. The van der Waals surface area contributed by atoms with Crippen molar-refractivity contribution in [3.63, 3.8) is 0 Å². The molecule has 2 aromatic rings. The lowest BCUT2D eigenvalue weighted by Gasteiger charge is -2.17. The molecule has 3 amide bonds. The molecule has 0 spiro atoms. The van der Waals surface area contributed by atoms with Crippen LogP contribution in [0.4, 0.5) is 17.1 Å². The van der Waals surface area contributed by atoms with E-state index in [0.29, 0.717) is 35.8 Å². The summed E-state index contributed by atoms with van der Waals surface area (Å²) in [6.45, 7) is 2.26. The first-order valence-electron chi connectivity index (χ1n) is 8.75. The van der Waals surface area contributed by atoms with Crippen LogP contribution in [0.25, 0.3) is 0 Å². The number of nitrogens with one attached hydrogen (secondary N) is 2. The third-order valence-electron chi connectivity index (χ3n) is 4.42. The molecule has 0 radical (unpaired) electrons. The fourth-order valence-corrected chi connectivity index (χ4v) is 3.04. The summed E-state index contributed by atoms with van der Waals surface area (Å²) in [5.74, 6) is -1.35. The number of nitrogens with zero attached hydrogens (tertiary/aromatic N) is 1. The van der Waals surface area contributed by atoms with Gasteiger partial charge in [-0.2, -0.15) is 0 Å². The van der Waals surface area contributed by atoms with Crippen LogP contribution >= 0.6 is 11.6 Å². The molecule has 1 saturated heterocycles. The van der Waals surface area contributed by atoms with Crippen LogP contribution in [0.5, 0.6) is 0 Å². The van der Waals surface area contributed by atoms with E-state index in [9.17, 15) is 14.4 Å². The minimum atomic E-state index is -0.722. The number of carbonyl (C=O) groups is 3. The molecule has 1 heterocycles. The minimum absolute atomic E-state index is 0.0781. The average Bonchev–Trinajstić information content (AvgIpc) is 3.05. The maximum absolute atomic E-state index is 12.6. The fourth-order valence-electron chi connectivity index (χ4n) is 2.92. The molecule has 0 aliphatic carbocycles. The van der Waals surface area contributed by atoms with Crippen molar-refractivity contribution in [2.75, 3.05) is 22.1 Å². The highest BCUT2D eigenvalue weighted by atomic mass is 35.5. The van der Waals surface area contributed by atoms with Crippen LogP contribution < -0.4 is 15.5 Å². The normalized spacial score (nSPS) is 16.3. The van der Waals surface area contributed by atoms with E-state index < -0.39 is 5.92 Å². The first kappa shape index (κ1) is 18.9. The van der Waals surface area contributed by atoms with Crippen LogP contribution in [0.3, 0.4) is 0 Å². The Labute approximate surface area is 162 Å². The van der Waals surface area contributed by atoms with Crippen molar-refractivity contribution in [2.24, 2.45) is 5.92 Å². The second kappa shape index (κ2) is 8.22. The van der Waals surface area contributed by atoms with E-state index in [1.165, 1.54) is 0 Å². The summed E-state index contributed by atoms with van der Waals surface area (Å²) >= 11 is 5.88. The van der Waals surface area contributed by atoms with Gasteiger partial charge in [-0.3, -0.25) is 14.4 Å². The van der Waals surface area contributed by atoms with Gasteiger partial charge in [0.2, 0.25) is 17.7 Å². The Bertz CT molecular complexity index is 850. The molecule has 1 atom stereocenters. The van der Waals surface area contributed by atoms with E-state index in [1.54, 1.807) is 60.4 Å². The predicted molar refractivity (Wildman–Crippen MR) is 106 cm³/mol. The van der Waals surface area contributed by atoms with Crippen LogP contribution in [0.1, 0.15) is 19.8 Å². The lowest BCUT2D eigenvalue weighted by Crippen LogP contribution is -2.33. The van der Waals surface area contributed by atoms with Gasteiger partial charge in [0.05, 0.1) is 0 Å². The standard InChI is InChI=1S/C20H20ClN3O3/c1-2-18(25)22-14-5-7-15(8-6-14)23-19(26)17-11-12-24(20(17)27)16-9-3-13(21)4-10-16/h3-10,17H,2,11-12H2,1H3,(H,22,25)(H,23,26). The monoisotopic (exact) mass is 385 g/mol. The molecule has 1 aliphatic heterocycles. The lowest BCUT2D eigenvalue weighted by molar-refractivity contribution is -0.129. The highest BCUT2D eigenvalue weighted by molar-refractivity contribution is 6.30. The molecule has 1 aliphatic rings. The maximum Gasteiger partial charge on any atom is 0.239 e. The van der Waals surface area contributed by atoms with Crippen molar-refractivity contribution in [3.05, 3.63) is 53.6 Å². The number of halogens is 1. The molecule has 1 unspecified atom stereocenters. The van der Waals surface area contributed by atoms with Crippen LogP contribution in [-0.4, -0.2) is 24.3 Å². The molecule has 7 heteroatoms. The van der Waals surface area contributed by atoms with Gasteiger partial charge in [0.25, 0.3) is 0 Å². The van der Waals surface area contributed by atoms with Crippen molar-refractivity contribution in [1.29, 1.82) is 0 Å². The lowest BCUT2D eigenvalue weighted by atomic mass is 10.1. The number of anilines is 3. The topological polar surface area (TPSA) is 78.5 Å². The average molecular weight is 386 g/mol. The zero-order valence-corrected chi connectivity index (χ0v) is 15.6. The van der Waals surface area contributed by atoms with Crippen molar-refractivity contribution in [1.82, 2.24) is 0 Å². The van der Waals surface area contributed by atoms with Gasteiger partial charge < -0.3 is 15.5 Å². The van der Waals surface area contributed by atoms with Crippen molar-refractivity contribution in [2.45, 2.75) is 19.8 Å². The molecular formula is C20H20ClN3O3. The molecule has 1 fully saturated rings. The Balaban J connectivity index is 1.62. The molecule has 2 N–H and O–H groups in total. The summed E-state index contributed by atoms with van der Waals surface area (Å²) in [4.78, 5) is 38.1. The Morgan fingerprint density at radius 1 is 1.04 bits per heavy atom. The van der Waals surface area contributed by atoms with Crippen LogP contribution in [0.15, 0.2) is 48.5 Å². The molecule has 0 bridgehead atoms. The van der Waals surface area contributed by atoms with Gasteiger partial charge in [-0.05, 0) is 55.0 Å². The SMILES string of the molecule is CCC(=O)Nc1ccc(NC(=O)C2CCN(c3ccc(Cl)cc3)C2=O)cc1. The molecule has 0 saturated carbocycles. The van der Waals surface area contributed by atoms with Crippen molar-refractivity contribution >= 4 is 46.4 Å². The van der Waals surface area contributed by atoms with Crippen molar-refractivity contribution in [3.8, 4) is 0 Å². The number of rotatable bonds is 5. The van der Waals surface area contributed by atoms with E-state index in [0.717, 1.165) is 5.69 Å². The van der Waals surface area contributed by atoms with Crippen molar-refractivity contribution < 1.29 is 14.4 Å². The van der Waals surface area contributed by atoms with Gasteiger partial charge in [0.15, 0.2) is 0 Å². The highest BCUT2D eigenvalue weighted by Gasteiger charge is 2.37. The maximum atomic E-state index is 12.6. The second-order valence-electron chi connectivity index (χ2n) is 6.28. The van der Waals surface area contributed by atoms with E-state index in [-0.39, 0.29) is 17.7 Å². The molecule has 6 nitrogen and oxygen atoms in total. The quantitative estimate of drug-likeness (QED) is 0.770. The van der Waals surface area contributed by atoms with E-state index in [4.69, 9.17) is 11.6 Å². The summed E-state index contributed by atoms with van der Waals surface area (Å²) in [5.41, 5.74) is 1.97. The van der Waals surface area contributed by atoms with Crippen LogP contribution in [0, 0.1) is 5.92 Å². The zero-order chi connectivity index (χ0) is 19.4. The van der Waals surface area contributed by atoms with E-state index in [1.807, 2.05) is 0 Å². The Kier molecular flexibility index (Phi) is 5.76. The van der Waals surface area contributed by atoms with Crippen LogP contribution in [0.2, 0.25) is 5.02 Å². The first-order valence-corrected chi connectivity index (χ1v) is 9.13. The van der Waals surface area contributed by atoms with E-state index in [2.05, 4.69) is 10.6 Å². The highest BCUT2D eigenvalue weighted by Crippen LogP contribution is 2.27. The Hall–Kier alpha value is -2.86. The number of benzene rings is 2. The molecule has 0 aromatic heterocycles. The van der Waals surface area contributed by atoms with Gasteiger partial charge in [0.1, 0.15) is 5.92 Å². The first-order chi connectivity index (χ1) is 13.0. The molecular weight excluding hydrogens is 366 g/mol. The number of carbonyl (C=O) groups excluding carboxylic acids is 3. The summed E-state index contributed by atoms with van der Waals surface area (Å²) in [7, 11) is 0. The molecule has 2 aromatic carbocycles. The van der Waals surface area contributed by atoms with Gasteiger partial charge in [0, 0.05) is 35.1 Å². The largest absolute Gasteiger partial charge is 0.326 e. The van der Waals surface area contributed by atoms with Crippen LogP contribution in [-0.2, 0) is 14.4 Å². The summed E-state index contributed by atoms with van der Waals surface area (Å²) in [6, 6.07) is 13.8. The summed E-state index contributed by atoms with van der Waals surface area (Å²) in [6.07, 6.45) is 0.852. The third kappa shape index (κ3) is 4.46. The molecule has 3 rings (SSSR count). The van der Waals surface area contributed by atoms with E-state index >= 15 is 0 Å². The minimum Gasteiger partial charge on any atom is -0.326 e. The summed E-state index contributed by atoms with van der Waals surface area (Å²) in [5, 5.41) is 6.11. The third-order valence-corrected chi connectivity index (χ3v) is 4.67. The Morgan fingerprint density at radius 3 is 2.22 bits per heavy atom. The predicted octanol–water partition coefficient (Wildman–Crippen LogP) is 3.68. The van der Waals surface area contributed by atoms with Gasteiger partial charge in [-0.15, -0.1) is 0 Å².